The number of amides is 1. The first-order valence-corrected chi connectivity index (χ1v) is 8.82. The number of ether oxygens (including phenoxy) is 1. The molecule has 0 saturated carbocycles. The van der Waals surface area contributed by atoms with Gasteiger partial charge in [0.05, 0.1) is 6.54 Å². The zero-order valence-corrected chi connectivity index (χ0v) is 13.9. The van der Waals surface area contributed by atoms with Crippen molar-refractivity contribution in [2.45, 2.75) is 11.0 Å². The van der Waals surface area contributed by atoms with Crippen LogP contribution in [0.1, 0.15) is 11.7 Å². The molecule has 0 N–H and O–H groups in total. The zero-order valence-electron chi connectivity index (χ0n) is 13.1. The van der Waals surface area contributed by atoms with Crippen molar-refractivity contribution in [3.8, 4) is 5.75 Å². The fraction of sp³-hybridized carbons (Fsp3) is 0.235. The van der Waals surface area contributed by atoms with Crippen molar-refractivity contribution in [3.63, 3.8) is 0 Å². The molecule has 1 heterocycles. The molecule has 0 aliphatic carbocycles. The van der Waals surface area contributed by atoms with Gasteiger partial charge in [-0.2, -0.15) is 8.42 Å². The van der Waals surface area contributed by atoms with Gasteiger partial charge in [-0.05, 0) is 18.2 Å². The highest BCUT2D eigenvalue weighted by Crippen LogP contribution is 2.31. The van der Waals surface area contributed by atoms with Crippen molar-refractivity contribution in [1.82, 2.24) is 4.90 Å². The molecular weight excluding hydrogens is 330 g/mol. The molecule has 0 radical (unpaired) electrons. The second-order valence-corrected chi connectivity index (χ2v) is 7.01. The number of likely N-dealkylation sites (N-methyl/N-ethyl adjacent to an activating group) is 1. The molecule has 2 aromatic rings. The van der Waals surface area contributed by atoms with E-state index in [0.29, 0.717) is 12.1 Å². The summed E-state index contributed by atoms with van der Waals surface area (Å²) in [6.07, 6.45) is -0.435. The highest BCUT2D eigenvalue weighted by molar-refractivity contribution is 7.87. The number of para-hydroxylation sites is 1. The van der Waals surface area contributed by atoms with Gasteiger partial charge in [0.25, 0.3) is 0 Å². The lowest BCUT2D eigenvalue weighted by Gasteiger charge is -2.30. The van der Waals surface area contributed by atoms with Gasteiger partial charge in [-0.1, -0.05) is 36.4 Å². The SMILES string of the molecule is CN1C[C@H](c2ccccc2OS(=O)(=O)c2ccccc2)OCC1=O. The number of nitrogens with zero attached hydrogens (tertiary/aromatic N) is 1. The first kappa shape index (κ1) is 16.5. The van der Waals surface area contributed by atoms with E-state index in [9.17, 15) is 13.2 Å². The molecule has 1 amide bonds. The standard InChI is InChI=1S/C17H17NO5S/c1-18-11-16(22-12-17(18)19)14-9-5-6-10-15(14)23-24(20,21)13-7-3-2-4-8-13/h2-10,16H,11-12H2,1H3/t16-/m1/s1. The Hall–Kier alpha value is -2.38. The van der Waals surface area contributed by atoms with Crippen LogP contribution in [0.3, 0.4) is 0 Å². The molecule has 7 heteroatoms. The maximum Gasteiger partial charge on any atom is 0.339 e. The molecule has 24 heavy (non-hydrogen) atoms. The third kappa shape index (κ3) is 3.42. The molecule has 1 fully saturated rings. The fourth-order valence-corrected chi connectivity index (χ4v) is 3.42. The van der Waals surface area contributed by atoms with Gasteiger partial charge in [-0.15, -0.1) is 0 Å². The number of hydrogen-bond donors (Lipinski definition) is 0. The first-order valence-electron chi connectivity index (χ1n) is 7.41. The Balaban J connectivity index is 1.89. The van der Waals surface area contributed by atoms with Crippen molar-refractivity contribution >= 4 is 16.0 Å². The van der Waals surface area contributed by atoms with Gasteiger partial charge in [0.2, 0.25) is 5.91 Å². The van der Waals surface area contributed by atoms with Gasteiger partial charge in [0, 0.05) is 12.6 Å². The normalized spacial score (nSPS) is 18.5. The molecule has 2 aromatic carbocycles. The Labute approximate surface area is 140 Å². The van der Waals surface area contributed by atoms with Gasteiger partial charge < -0.3 is 13.8 Å². The molecule has 1 saturated heterocycles. The number of morpholine rings is 1. The number of rotatable bonds is 4. The van der Waals surface area contributed by atoms with Crippen molar-refractivity contribution in [1.29, 1.82) is 0 Å². The van der Waals surface area contributed by atoms with Crippen LogP contribution in [-0.4, -0.2) is 39.4 Å². The van der Waals surface area contributed by atoms with E-state index in [4.69, 9.17) is 8.92 Å². The maximum atomic E-state index is 12.4. The Bertz CT molecular complexity index is 835. The lowest BCUT2D eigenvalue weighted by atomic mass is 10.1. The minimum absolute atomic E-state index is 0.0407. The molecule has 0 aromatic heterocycles. The van der Waals surface area contributed by atoms with Crippen LogP contribution in [0.25, 0.3) is 0 Å². The third-order valence-corrected chi connectivity index (χ3v) is 5.02. The molecule has 1 aliphatic rings. The second kappa shape index (κ2) is 6.62. The summed E-state index contributed by atoms with van der Waals surface area (Å²) in [5, 5.41) is 0. The van der Waals surface area contributed by atoms with Crippen LogP contribution >= 0.6 is 0 Å². The summed E-state index contributed by atoms with van der Waals surface area (Å²) in [6, 6.07) is 14.7. The number of benzene rings is 2. The van der Waals surface area contributed by atoms with Crippen molar-refractivity contribution in [3.05, 3.63) is 60.2 Å². The monoisotopic (exact) mass is 347 g/mol. The number of carbonyl (C=O) groups excluding carboxylic acids is 1. The van der Waals surface area contributed by atoms with Crippen LogP contribution in [0.5, 0.6) is 5.75 Å². The van der Waals surface area contributed by atoms with Gasteiger partial charge in [0.1, 0.15) is 23.4 Å². The fourth-order valence-electron chi connectivity index (χ4n) is 2.45. The number of hydrogen-bond acceptors (Lipinski definition) is 5. The molecule has 0 unspecified atom stereocenters. The van der Waals surface area contributed by atoms with Crippen LogP contribution in [0.4, 0.5) is 0 Å². The van der Waals surface area contributed by atoms with E-state index in [-0.39, 0.29) is 23.2 Å². The summed E-state index contributed by atoms with van der Waals surface area (Å²) in [5.41, 5.74) is 0.594. The van der Waals surface area contributed by atoms with E-state index in [1.54, 1.807) is 54.4 Å². The second-order valence-electron chi connectivity index (χ2n) is 5.46. The quantitative estimate of drug-likeness (QED) is 0.791. The molecule has 3 rings (SSSR count). The minimum Gasteiger partial charge on any atom is -0.379 e. The summed E-state index contributed by atoms with van der Waals surface area (Å²) in [7, 11) is -2.25. The van der Waals surface area contributed by atoms with Crippen LogP contribution in [0, 0.1) is 0 Å². The van der Waals surface area contributed by atoms with E-state index in [1.165, 1.54) is 12.1 Å². The molecule has 1 aliphatic heterocycles. The minimum atomic E-state index is -3.93. The molecule has 1 atom stereocenters. The lowest BCUT2D eigenvalue weighted by molar-refractivity contribution is -0.147. The van der Waals surface area contributed by atoms with Crippen molar-refractivity contribution < 1.29 is 22.1 Å². The topological polar surface area (TPSA) is 72.9 Å². The van der Waals surface area contributed by atoms with E-state index in [2.05, 4.69) is 0 Å². The van der Waals surface area contributed by atoms with Crippen LogP contribution < -0.4 is 4.18 Å². The Morgan fingerprint density at radius 1 is 1.08 bits per heavy atom. The maximum absolute atomic E-state index is 12.4. The first-order chi connectivity index (χ1) is 11.5. The van der Waals surface area contributed by atoms with Gasteiger partial charge >= 0.3 is 10.1 Å². The average Bonchev–Trinajstić information content (AvgIpc) is 2.58. The molecular formula is C17H17NO5S. The largest absolute Gasteiger partial charge is 0.379 e. The van der Waals surface area contributed by atoms with Crippen LogP contribution in [0.15, 0.2) is 59.5 Å². The highest BCUT2D eigenvalue weighted by atomic mass is 32.2. The lowest BCUT2D eigenvalue weighted by Crippen LogP contribution is -2.40. The zero-order chi connectivity index (χ0) is 17.2. The van der Waals surface area contributed by atoms with Crippen molar-refractivity contribution in [2.75, 3.05) is 20.2 Å². The Kier molecular flexibility index (Phi) is 4.55. The van der Waals surface area contributed by atoms with Gasteiger partial charge in [0.15, 0.2) is 0 Å². The van der Waals surface area contributed by atoms with E-state index in [1.807, 2.05) is 0 Å². The summed E-state index contributed by atoms with van der Waals surface area (Å²) in [6.45, 7) is 0.297. The van der Waals surface area contributed by atoms with Crippen LogP contribution in [0.2, 0.25) is 0 Å². The van der Waals surface area contributed by atoms with Crippen molar-refractivity contribution in [2.24, 2.45) is 0 Å². The molecule has 126 valence electrons. The van der Waals surface area contributed by atoms with E-state index >= 15 is 0 Å². The Morgan fingerprint density at radius 3 is 2.46 bits per heavy atom. The third-order valence-electron chi connectivity index (χ3n) is 3.77. The molecule has 6 nitrogen and oxygen atoms in total. The van der Waals surface area contributed by atoms with Gasteiger partial charge in [-0.3, -0.25) is 4.79 Å². The summed E-state index contributed by atoms with van der Waals surface area (Å²) < 4.78 is 35.7. The predicted octanol–water partition coefficient (Wildman–Crippen LogP) is 1.98. The van der Waals surface area contributed by atoms with E-state index in [0.717, 1.165) is 0 Å². The summed E-state index contributed by atoms with van der Waals surface area (Å²) in [4.78, 5) is 13.2. The summed E-state index contributed by atoms with van der Waals surface area (Å²) in [5.74, 6) is 0.0932. The van der Waals surface area contributed by atoms with E-state index < -0.39 is 16.2 Å². The molecule has 0 bridgehead atoms. The average molecular weight is 347 g/mol. The predicted molar refractivity (Wildman–Crippen MR) is 87.0 cm³/mol. The van der Waals surface area contributed by atoms with Gasteiger partial charge in [-0.25, -0.2) is 0 Å². The molecule has 0 spiro atoms. The smallest absolute Gasteiger partial charge is 0.339 e. The Morgan fingerprint density at radius 2 is 1.75 bits per heavy atom. The van der Waals surface area contributed by atoms with Crippen LogP contribution in [-0.2, 0) is 19.6 Å². The summed E-state index contributed by atoms with van der Waals surface area (Å²) >= 11 is 0. The highest BCUT2D eigenvalue weighted by Gasteiger charge is 2.28. The number of carbonyl (C=O) groups is 1.